The fraction of sp³-hybridized carbons (Fsp3) is 0.105. The number of fused-ring (bicyclic) bond motifs is 1. The lowest BCUT2D eigenvalue weighted by Crippen LogP contribution is -2.14. The van der Waals surface area contributed by atoms with Crippen LogP contribution in [0.4, 0.5) is 5.69 Å². The second kappa shape index (κ2) is 6.38. The number of nitriles is 1. The first kappa shape index (κ1) is 15.4. The van der Waals surface area contributed by atoms with Gasteiger partial charge in [0.15, 0.2) is 6.19 Å². The lowest BCUT2D eigenvalue weighted by atomic mass is 10.1. The molecular formula is C19H14N4OS. The summed E-state index contributed by atoms with van der Waals surface area (Å²) < 4.78 is 0. The summed E-state index contributed by atoms with van der Waals surface area (Å²) in [5.74, 6) is -0.234. The molecule has 0 atom stereocenters. The van der Waals surface area contributed by atoms with Crippen LogP contribution in [0.15, 0.2) is 53.9 Å². The van der Waals surface area contributed by atoms with Crippen LogP contribution in [-0.2, 0) is 13.1 Å². The first-order valence-electron chi connectivity index (χ1n) is 7.82. The van der Waals surface area contributed by atoms with Gasteiger partial charge in [-0.3, -0.25) is 4.79 Å². The van der Waals surface area contributed by atoms with Crippen LogP contribution < -0.4 is 5.32 Å². The standard InChI is InChI=1S/C19H14N4OS/c20-12-23-9-14-7-4-8-16(15(14)10-23)21-18(24)17-11-25-19(22-17)13-5-2-1-3-6-13/h1-8,11H,9-10H2,(H,21,24). The van der Waals surface area contributed by atoms with Crippen molar-refractivity contribution in [1.29, 1.82) is 5.26 Å². The number of carbonyl (C=O) groups is 1. The maximum absolute atomic E-state index is 12.6. The molecule has 1 aliphatic rings. The molecule has 25 heavy (non-hydrogen) atoms. The Labute approximate surface area is 149 Å². The minimum absolute atomic E-state index is 0.234. The normalized spacial score (nSPS) is 12.5. The number of benzene rings is 2. The van der Waals surface area contributed by atoms with Crippen molar-refractivity contribution in [2.45, 2.75) is 13.1 Å². The van der Waals surface area contributed by atoms with E-state index in [1.165, 1.54) is 11.3 Å². The Morgan fingerprint density at radius 3 is 2.80 bits per heavy atom. The number of amides is 1. The Morgan fingerprint density at radius 2 is 2.00 bits per heavy atom. The van der Waals surface area contributed by atoms with Crippen molar-refractivity contribution in [3.05, 3.63) is 70.7 Å². The largest absolute Gasteiger partial charge is 0.320 e. The Kier molecular flexibility index (Phi) is 3.92. The summed E-state index contributed by atoms with van der Waals surface area (Å²) >= 11 is 1.45. The average Bonchev–Trinajstić information content (AvgIpc) is 3.30. The number of nitrogens with one attached hydrogen (secondary N) is 1. The van der Waals surface area contributed by atoms with E-state index in [9.17, 15) is 4.79 Å². The smallest absolute Gasteiger partial charge is 0.275 e. The van der Waals surface area contributed by atoms with E-state index in [-0.39, 0.29) is 5.91 Å². The van der Waals surface area contributed by atoms with E-state index >= 15 is 0 Å². The highest BCUT2D eigenvalue weighted by atomic mass is 32.1. The molecule has 0 saturated heterocycles. The van der Waals surface area contributed by atoms with E-state index in [0.29, 0.717) is 18.8 Å². The number of nitrogens with zero attached hydrogens (tertiary/aromatic N) is 3. The molecule has 1 aromatic heterocycles. The van der Waals surface area contributed by atoms with E-state index in [1.807, 2.05) is 48.5 Å². The summed E-state index contributed by atoms with van der Waals surface area (Å²) in [5.41, 5.74) is 4.21. The van der Waals surface area contributed by atoms with Crippen LogP contribution in [0.5, 0.6) is 0 Å². The van der Waals surface area contributed by atoms with Crippen molar-refractivity contribution in [3.8, 4) is 16.8 Å². The van der Waals surface area contributed by atoms with Crippen LogP contribution in [0, 0.1) is 11.5 Å². The zero-order valence-corrected chi connectivity index (χ0v) is 14.1. The highest BCUT2D eigenvalue weighted by Crippen LogP contribution is 2.29. The van der Waals surface area contributed by atoms with E-state index in [1.54, 1.807) is 10.3 Å². The summed E-state index contributed by atoms with van der Waals surface area (Å²) in [4.78, 5) is 18.7. The predicted octanol–water partition coefficient (Wildman–Crippen LogP) is 3.86. The fourth-order valence-corrected chi connectivity index (χ4v) is 3.69. The molecule has 2 heterocycles. The van der Waals surface area contributed by atoms with Gasteiger partial charge in [-0.1, -0.05) is 42.5 Å². The fourth-order valence-electron chi connectivity index (χ4n) is 2.89. The number of hydrogen-bond donors (Lipinski definition) is 1. The minimum atomic E-state index is -0.234. The number of thiazole rings is 1. The van der Waals surface area contributed by atoms with Crippen LogP contribution in [0.2, 0.25) is 0 Å². The third kappa shape index (κ3) is 2.97. The van der Waals surface area contributed by atoms with E-state index in [2.05, 4.69) is 16.5 Å². The molecule has 1 N–H and O–H groups in total. The van der Waals surface area contributed by atoms with Gasteiger partial charge >= 0.3 is 0 Å². The van der Waals surface area contributed by atoms with Crippen molar-refractivity contribution < 1.29 is 4.79 Å². The Hall–Kier alpha value is -3.17. The zero-order chi connectivity index (χ0) is 17.2. The molecule has 0 bridgehead atoms. The lowest BCUT2D eigenvalue weighted by molar-refractivity contribution is 0.102. The summed E-state index contributed by atoms with van der Waals surface area (Å²) in [6, 6.07) is 15.5. The Morgan fingerprint density at radius 1 is 1.16 bits per heavy atom. The molecule has 0 aliphatic carbocycles. The number of rotatable bonds is 3. The monoisotopic (exact) mass is 346 g/mol. The van der Waals surface area contributed by atoms with E-state index in [4.69, 9.17) is 5.26 Å². The van der Waals surface area contributed by atoms with Gasteiger partial charge in [0.2, 0.25) is 0 Å². The molecule has 2 aromatic carbocycles. The first-order valence-corrected chi connectivity index (χ1v) is 8.70. The van der Waals surface area contributed by atoms with Crippen molar-refractivity contribution in [2.24, 2.45) is 0 Å². The van der Waals surface area contributed by atoms with Crippen LogP contribution in [-0.4, -0.2) is 15.8 Å². The third-order valence-electron chi connectivity index (χ3n) is 4.13. The quantitative estimate of drug-likeness (QED) is 0.731. The van der Waals surface area contributed by atoms with Crippen LogP contribution in [0.25, 0.3) is 10.6 Å². The predicted molar refractivity (Wildman–Crippen MR) is 96.8 cm³/mol. The molecule has 0 spiro atoms. The Bertz CT molecular complexity index is 975. The summed E-state index contributed by atoms with van der Waals surface area (Å²) in [6.45, 7) is 1.11. The van der Waals surface area contributed by atoms with Gasteiger partial charge in [0.25, 0.3) is 5.91 Å². The van der Waals surface area contributed by atoms with Gasteiger partial charge in [-0.15, -0.1) is 11.3 Å². The van der Waals surface area contributed by atoms with Crippen molar-refractivity contribution >= 4 is 22.9 Å². The maximum atomic E-state index is 12.6. The third-order valence-corrected chi connectivity index (χ3v) is 5.02. The molecule has 1 amide bonds. The molecule has 1 aliphatic heterocycles. The van der Waals surface area contributed by atoms with Gasteiger partial charge < -0.3 is 10.2 Å². The molecule has 0 unspecified atom stereocenters. The topological polar surface area (TPSA) is 69.0 Å². The zero-order valence-electron chi connectivity index (χ0n) is 13.3. The number of aromatic nitrogens is 1. The second-order valence-electron chi connectivity index (χ2n) is 5.76. The molecule has 0 saturated carbocycles. The minimum Gasteiger partial charge on any atom is -0.320 e. The highest BCUT2D eigenvalue weighted by Gasteiger charge is 2.22. The van der Waals surface area contributed by atoms with Crippen LogP contribution >= 0.6 is 11.3 Å². The summed E-state index contributed by atoms with van der Waals surface area (Å²) in [5, 5.41) is 14.6. The van der Waals surface area contributed by atoms with Gasteiger partial charge in [0.1, 0.15) is 10.7 Å². The second-order valence-corrected chi connectivity index (χ2v) is 6.62. The molecule has 0 radical (unpaired) electrons. The number of carbonyl (C=O) groups excluding carboxylic acids is 1. The maximum Gasteiger partial charge on any atom is 0.275 e. The SMILES string of the molecule is N#CN1Cc2cccc(NC(=O)c3csc(-c4ccccc4)n3)c2C1. The Balaban J connectivity index is 1.56. The number of hydrogen-bond acceptors (Lipinski definition) is 5. The van der Waals surface area contributed by atoms with E-state index < -0.39 is 0 Å². The molecule has 5 nitrogen and oxygen atoms in total. The van der Waals surface area contributed by atoms with Crippen molar-refractivity contribution in [2.75, 3.05) is 5.32 Å². The highest BCUT2D eigenvalue weighted by molar-refractivity contribution is 7.13. The van der Waals surface area contributed by atoms with Gasteiger partial charge in [-0.2, -0.15) is 5.26 Å². The van der Waals surface area contributed by atoms with Gasteiger partial charge in [0, 0.05) is 22.2 Å². The molecule has 0 fully saturated rings. The molecule has 6 heteroatoms. The molecule has 122 valence electrons. The van der Waals surface area contributed by atoms with Gasteiger partial charge in [0.05, 0.1) is 13.1 Å². The number of anilines is 1. The van der Waals surface area contributed by atoms with Gasteiger partial charge in [-0.25, -0.2) is 4.98 Å². The molecule has 4 rings (SSSR count). The first-order chi connectivity index (χ1) is 12.2. The van der Waals surface area contributed by atoms with E-state index in [0.717, 1.165) is 27.4 Å². The van der Waals surface area contributed by atoms with Crippen LogP contribution in [0.3, 0.4) is 0 Å². The van der Waals surface area contributed by atoms with Gasteiger partial charge in [-0.05, 0) is 11.6 Å². The lowest BCUT2D eigenvalue weighted by Gasteiger charge is -2.08. The average molecular weight is 346 g/mol. The molecular weight excluding hydrogens is 332 g/mol. The molecule has 3 aromatic rings. The van der Waals surface area contributed by atoms with Crippen LogP contribution in [0.1, 0.15) is 21.6 Å². The van der Waals surface area contributed by atoms with Crippen molar-refractivity contribution in [3.63, 3.8) is 0 Å². The van der Waals surface area contributed by atoms with Crippen molar-refractivity contribution in [1.82, 2.24) is 9.88 Å². The summed E-state index contributed by atoms with van der Waals surface area (Å²) in [7, 11) is 0. The summed E-state index contributed by atoms with van der Waals surface area (Å²) in [6.07, 6.45) is 2.15.